The molecule has 1 aliphatic heterocycles. The lowest BCUT2D eigenvalue weighted by Gasteiger charge is -2.56. The van der Waals surface area contributed by atoms with Crippen LogP contribution in [0.15, 0.2) is 0 Å². The lowest BCUT2D eigenvalue weighted by atomic mass is 9.48. The first-order chi connectivity index (χ1) is 9.13. The molecule has 0 aromatic carbocycles. The Morgan fingerprint density at radius 1 is 1.11 bits per heavy atom. The van der Waals surface area contributed by atoms with E-state index in [2.05, 4.69) is 4.90 Å². The summed E-state index contributed by atoms with van der Waals surface area (Å²) in [5.41, 5.74) is 6.04. The van der Waals surface area contributed by atoms with Crippen LogP contribution >= 0.6 is 0 Å². The minimum Gasteiger partial charge on any atom is -0.326 e. The molecule has 0 aromatic heterocycles. The van der Waals surface area contributed by atoms with E-state index in [0.717, 1.165) is 37.3 Å². The van der Waals surface area contributed by atoms with Gasteiger partial charge in [0.2, 0.25) is 0 Å². The molecule has 5 fully saturated rings. The summed E-state index contributed by atoms with van der Waals surface area (Å²) in [4.78, 5) is 15.2. The van der Waals surface area contributed by atoms with E-state index in [9.17, 15) is 4.79 Å². The van der Waals surface area contributed by atoms with Crippen molar-refractivity contribution in [3.63, 3.8) is 0 Å². The van der Waals surface area contributed by atoms with Gasteiger partial charge in [-0.1, -0.05) is 0 Å². The third-order valence-electron chi connectivity index (χ3n) is 6.31. The molecule has 4 saturated carbocycles. The molecule has 3 heteroatoms. The first-order valence-electron chi connectivity index (χ1n) is 8.14. The van der Waals surface area contributed by atoms with Crippen LogP contribution in [0.4, 0.5) is 0 Å². The largest absolute Gasteiger partial charge is 0.326 e. The van der Waals surface area contributed by atoms with E-state index >= 15 is 0 Å². The second kappa shape index (κ2) is 4.29. The number of carbonyl (C=O) groups is 1. The van der Waals surface area contributed by atoms with Crippen molar-refractivity contribution in [3.05, 3.63) is 0 Å². The topological polar surface area (TPSA) is 46.3 Å². The summed E-state index contributed by atoms with van der Waals surface area (Å²) < 4.78 is 0. The monoisotopic (exact) mass is 262 g/mol. The number of rotatable bonds is 3. The minimum absolute atomic E-state index is 0.0848. The first-order valence-corrected chi connectivity index (χ1v) is 8.14. The summed E-state index contributed by atoms with van der Waals surface area (Å²) in [5, 5.41) is 0. The molecular formula is C16H26N2O. The number of hydrogen-bond acceptors (Lipinski definition) is 3. The molecule has 3 nitrogen and oxygen atoms in total. The van der Waals surface area contributed by atoms with Gasteiger partial charge in [0.15, 0.2) is 5.78 Å². The van der Waals surface area contributed by atoms with Gasteiger partial charge < -0.3 is 5.73 Å². The third kappa shape index (κ3) is 2.06. The molecule has 1 atom stereocenters. The molecule has 0 aromatic rings. The second-order valence-corrected chi connectivity index (χ2v) is 7.90. The number of nitrogens with two attached hydrogens (primary N) is 1. The van der Waals surface area contributed by atoms with Gasteiger partial charge in [-0.3, -0.25) is 9.69 Å². The Kier molecular flexibility index (Phi) is 2.79. The third-order valence-corrected chi connectivity index (χ3v) is 6.31. The van der Waals surface area contributed by atoms with Gasteiger partial charge in [-0.25, -0.2) is 0 Å². The van der Waals surface area contributed by atoms with Gasteiger partial charge in [-0.05, 0) is 62.7 Å². The maximum absolute atomic E-state index is 12.9. The number of nitrogens with zero attached hydrogens (tertiary/aromatic N) is 1. The van der Waals surface area contributed by atoms with Crippen LogP contribution in [-0.4, -0.2) is 36.4 Å². The van der Waals surface area contributed by atoms with Crippen LogP contribution in [-0.2, 0) is 4.79 Å². The highest BCUT2D eigenvalue weighted by Gasteiger charge is 2.54. The van der Waals surface area contributed by atoms with E-state index in [0.29, 0.717) is 18.4 Å². The Hall–Kier alpha value is -0.410. The highest BCUT2D eigenvalue weighted by Crippen LogP contribution is 2.60. The van der Waals surface area contributed by atoms with Gasteiger partial charge in [0.05, 0.1) is 6.54 Å². The van der Waals surface area contributed by atoms with Crippen molar-refractivity contribution >= 4 is 5.78 Å². The summed E-state index contributed by atoms with van der Waals surface area (Å²) in [7, 11) is 0. The predicted octanol–water partition coefficient (Wildman–Crippen LogP) is 1.80. The Morgan fingerprint density at radius 3 is 2.16 bits per heavy atom. The van der Waals surface area contributed by atoms with E-state index in [1.165, 1.54) is 38.5 Å². The van der Waals surface area contributed by atoms with Crippen LogP contribution in [0.5, 0.6) is 0 Å². The molecule has 1 heterocycles. The van der Waals surface area contributed by atoms with Crippen molar-refractivity contribution in [2.24, 2.45) is 28.9 Å². The zero-order chi connectivity index (χ0) is 13.0. The predicted molar refractivity (Wildman–Crippen MR) is 74.6 cm³/mol. The van der Waals surface area contributed by atoms with Crippen LogP contribution in [0.25, 0.3) is 0 Å². The van der Waals surface area contributed by atoms with Gasteiger partial charge in [0.1, 0.15) is 0 Å². The number of carbonyl (C=O) groups excluding carboxylic acids is 1. The normalized spacial score (nSPS) is 48.9. The Morgan fingerprint density at radius 2 is 1.68 bits per heavy atom. The van der Waals surface area contributed by atoms with Crippen molar-refractivity contribution < 1.29 is 4.79 Å². The summed E-state index contributed by atoms with van der Waals surface area (Å²) >= 11 is 0. The van der Waals surface area contributed by atoms with Gasteiger partial charge in [-0.2, -0.15) is 0 Å². The molecule has 4 aliphatic carbocycles. The molecule has 0 amide bonds. The average Bonchev–Trinajstić information content (AvgIpc) is 2.73. The van der Waals surface area contributed by atoms with Gasteiger partial charge >= 0.3 is 0 Å². The highest BCUT2D eigenvalue weighted by molar-refractivity contribution is 5.87. The van der Waals surface area contributed by atoms with Crippen molar-refractivity contribution in [1.82, 2.24) is 4.90 Å². The van der Waals surface area contributed by atoms with Crippen molar-refractivity contribution in [1.29, 1.82) is 0 Å². The molecule has 4 bridgehead atoms. The Bertz CT molecular complexity index is 357. The van der Waals surface area contributed by atoms with Crippen molar-refractivity contribution in [2.75, 3.05) is 19.6 Å². The van der Waals surface area contributed by atoms with Crippen LogP contribution in [0.1, 0.15) is 44.9 Å². The maximum atomic E-state index is 12.9. The number of Topliss-reactive ketones (excluding diaryl/α,β-unsaturated/α-hetero) is 1. The van der Waals surface area contributed by atoms with Gasteiger partial charge in [-0.15, -0.1) is 0 Å². The van der Waals surface area contributed by atoms with Crippen LogP contribution in [0.2, 0.25) is 0 Å². The van der Waals surface area contributed by atoms with E-state index in [4.69, 9.17) is 5.73 Å². The zero-order valence-electron chi connectivity index (χ0n) is 11.8. The molecule has 106 valence electrons. The number of likely N-dealkylation sites (tertiary alicyclic amines) is 1. The van der Waals surface area contributed by atoms with E-state index < -0.39 is 0 Å². The fraction of sp³-hybridized carbons (Fsp3) is 0.938. The Balaban J connectivity index is 1.47. The molecule has 1 saturated heterocycles. The quantitative estimate of drug-likeness (QED) is 0.843. The van der Waals surface area contributed by atoms with Crippen molar-refractivity contribution in [3.8, 4) is 0 Å². The molecule has 5 rings (SSSR count). The second-order valence-electron chi connectivity index (χ2n) is 7.90. The SMILES string of the molecule is NC1CCN(CC(=O)C23CC4CC(CC(C4)C2)C3)C1. The lowest BCUT2D eigenvalue weighted by molar-refractivity contribution is -0.144. The zero-order valence-corrected chi connectivity index (χ0v) is 11.8. The standard InChI is InChI=1S/C16H26N2O/c17-14-1-2-18(9-14)10-15(19)16-6-11-3-12(7-16)5-13(4-11)8-16/h11-14H,1-10,17H2. The van der Waals surface area contributed by atoms with E-state index in [-0.39, 0.29) is 5.41 Å². The summed E-state index contributed by atoms with van der Waals surface area (Å²) in [6.45, 7) is 2.64. The summed E-state index contributed by atoms with van der Waals surface area (Å²) in [6, 6.07) is 0.296. The van der Waals surface area contributed by atoms with Crippen LogP contribution in [0, 0.1) is 23.2 Å². The average molecular weight is 262 g/mol. The molecular weight excluding hydrogens is 236 g/mol. The summed E-state index contributed by atoms with van der Waals surface area (Å²) in [5.74, 6) is 3.17. The molecule has 1 unspecified atom stereocenters. The highest BCUT2D eigenvalue weighted by atomic mass is 16.1. The lowest BCUT2D eigenvalue weighted by Crippen LogP contribution is -2.52. The maximum Gasteiger partial charge on any atom is 0.152 e. The van der Waals surface area contributed by atoms with Crippen molar-refractivity contribution in [2.45, 2.75) is 51.0 Å². The number of ketones is 1. The molecule has 0 spiro atoms. The smallest absolute Gasteiger partial charge is 0.152 e. The minimum atomic E-state index is 0.0848. The fourth-order valence-corrected chi connectivity index (χ4v) is 5.83. The van der Waals surface area contributed by atoms with Crippen LogP contribution in [0.3, 0.4) is 0 Å². The van der Waals surface area contributed by atoms with Gasteiger partial charge in [0, 0.05) is 24.5 Å². The van der Waals surface area contributed by atoms with E-state index in [1.807, 2.05) is 0 Å². The first kappa shape index (κ1) is 12.3. The van der Waals surface area contributed by atoms with Gasteiger partial charge in [0.25, 0.3) is 0 Å². The molecule has 2 N–H and O–H groups in total. The Labute approximate surface area is 115 Å². The fourth-order valence-electron chi connectivity index (χ4n) is 5.83. The summed E-state index contributed by atoms with van der Waals surface area (Å²) in [6.07, 6.45) is 8.94. The number of hydrogen-bond donors (Lipinski definition) is 1. The molecule has 5 aliphatic rings. The van der Waals surface area contributed by atoms with Crippen LogP contribution < -0.4 is 5.73 Å². The van der Waals surface area contributed by atoms with E-state index in [1.54, 1.807) is 0 Å². The molecule has 0 radical (unpaired) electrons. The molecule has 19 heavy (non-hydrogen) atoms.